The van der Waals surface area contributed by atoms with E-state index in [2.05, 4.69) is 10.6 Å². The Morgan fingerprint density at radius 1 is 1.26 bits per heavy atom. The van der Waals surface area contributed by atoms with E-state index in [1.54, 1.807) is 6.07 Å². The van der Waals surface area contributed by atoms with E-state index in [-0.39, 0.29) is 6.61 Å². The molecule has 3 amide bonds. The molecule has 2 N–H and O–H groups in total. The molecular formula is C14H20N2O3. The standard InChI is InChI=1S/C14H20N2O3/c1-4-8-15-14(18)16-13(17)9-19-12-7-5-6-10(2)11(12)3/h5-7H,4,8-9H2,1-3H3,(H2,15,16,17,18). The van der Waals surface area contributed by atoms with E-state index in [0.717, 1.165) is 17.5 Å². The highest BCUT2D eigenvalue weighted by Gasteiger charge is 2.09. The molecule has 5 heteroatoms. The summed E-state index contributed by atoms with van der Waals surface area (Å²) >= 11 is 0. The number of hydrogen-bond donors (Lipinski definition) is 2. The first-order chi connectivity index (χ1) is 9.04. The van der Waals surface area contributed by atoms with Crippen molar-refractivity contribution in [1.82, 2.24) is 10.6 Å². The molecule has 0 unspecified atom stereocenters. The second-order valence-corrected chi connectivity index (χ2v) is 4.29. The highest BCUT2D eigenvalue weighted by molar-refractivity contribution is 5.94. The van der Waals surface area contributed by atoms with Gasteiger partial charge >= 0.3 is 6.03 Å². The number of aryl methyl sites for hydroxylation is 1. The second-order valence-electron chi connectivity index (χ2n) is 4.29. The fourth-order valence-corrected chi connectivity index (χ4v) is 1.47. The van der Waals surface area contributed by atoms with Crippen molar-refractivity contribution in [1.29, 1.82) is 0 Å². The van der Waals surface area contributed by atoms with Crippen molar-refractivity contribution in [3.63, 3.8) is 0 Å². The largest absolute Gasteiger partial charge is 0.483 e. The van der Waals surface area contributed by atoms with Gasteiger partial charge in [-0.25, -0.2) is 4.79 Å². The number of benzene rings is 1. The van der Waals surface area contributed by atoms with E-state index in [4.69, 9.17) is 4.74 Å². The summed E-state index contributed by atoms with van der Waals surface area (Å²) in [5.41, 5.74) is 2.09. The number of ether oxygens (including phenoxy) is 1. The lowest BCUT2D eigenvalue weighted by atomic mass is 10.1. The Morgan fingerprint density at radius 2 is 2.00 bits per heavy atom. The molecule has 1 aromatic rings. The topological polar surface area (TPSA) is 67.4 Å². The van der Waals surface area contributed by atoms with Crippen molar-refractivity contribution in [2.45, 2.75) is 27.2 Å². The molecule has 0 bridgehead atoms. The van der Waals surface area contributed by atoms with Crippen LogP contribution in [0.5, 0.6) is 5.75 Å². The average molecular weight is 264 g/mol. The van der Waals surface area contributed by atoms with Crippen LogP contribution in [0.4, 0.5) is 4.79 Å². The van der Waals surface area contributed by atoms with Crippen molar-refractivity contribution >= 4 is 11.9 Å². The number of nitrogens with one attached hydrogen (secondary N) is 2. The molecular weight excluding hydrogens is 244 g/mol. The number of rotatable bonds is 5. The normalized spacial score (nSPS) is 9.84. The molecule has 0 fully saturated rings. The van der Waals surface area contributed by atoms with Gasteiger partial charge in [0.05, 0.1) is 0 Å². The Balaban J connectivity index is 2.42. The van der Waals surface area contributed by atoms with Gasteiger partial charge in [0.1, 0.15) is 5.75 Å². The van der Waals surface area contributed by atoms with Crippen molar-refractivity contribution < 1.29 is 14.3 Å². The third kappa shape index (κ3) is 4.99. The van der Waals surface area contributed by atoms with Crippen LogP contribution in [0, 0.1) is 13.8 Å². The lowest BCUT2D eigenvalue weighted by Crippen LogP contribution is -2.41. The zero-order valence-electron chi connectivity index (χ0n) is 11.6. The maximum atomic E-state index is 11.5. The summed E-state index contributed by atoms with van der Waals surface area (Å²) in [5.74, 6) is 0.193. The van der Waals surface area contributed by atoms with Gasteiger partial charge in [0, 0.05) is 6.54 Å². The number of carbonyl (C=O) groups is 2. The summed E-state index contributed by atoms with van der Waals surface area (Å²) in [6.07, 6.45) is 0.820. The fraction of sp³-hybridized carbons (Fsp3) is 0.429. The van der Waals surface area contributed by atoms with Gasteiger partial charge in [-0.15, -0.1) is 0 Å². The van der Waals surface area contributed by atoms with Gasteiger partial charge in [-0.05, 0) is 37.5 Å². The van der Waals surface area contributed by atoms with Crippen LogP contribution < -0.4 is 15.4 Å². The van der Waals surface area contributed by atoms with Crippen molar-refractivity contribution in [3.05, 3.63) is 29.3 Å². The summed E-state index contributed by atoms with van der Waals surface area (Å²) in [6.45, 7) is 6.20. The van der Waals surface area contributed by atoms with Gasteiger partial charge in [0.15, 0.2) is 6.61 Å². The molecule has 0 aliphatic rings. The molecule has 5 nitrogen and oxygen atoms in total. The SMILES string of the molecule is CCCNC(=O)NC(=O)COc1cccc(C)c1C. The number of hydrogen-bond acceptors (Lipinski definition) is 3. The first-order valence-electron chi connectivity index (χ1n) is 6.31. The van der Waals surface area contributed by atoms with Crippen LogP contribution in [-0.4, -0.2) is 25.1 Å². The van der Waals surface area contributed by atoms with Gasteiger partial charge in [-0.3, -0.25) is 10.1 Å². The minimum absolute atomic E-state index is 0.177. The van der Waals surface area contributed by atoms with E-state index >= 15 is 0 Å². The maximum absolute atomic E-state index is 11.5. The Morgan fingerprint density at radius 3 is 2.68 bits per heavy atom. The lowest BCUT2D eigenvalue weighted by Gasteiger charge is -2.10. The predicted octanol–water partition coefficient (Wildman–Crippen LogP) is 1.92. The Labute approximate surface area is 113 Å². The number of urea groups is 1. The van der Waals surface area contributed by atoms with E-state index in [1.165, 1.54) is 0 Å². The third-order valence-electron chi connectivity index (χ3n) is 2.70. The van der Waals surface area contributed by atoms with Gasteiger partial charge in [-0.1, -0.05) is 19.1 Å². The van der Waals surface area contributed by atoms with E-state index in [9.17, 15) is 9.59 Å². The third-order valence-corrected chi connectivity index (χ3v) is 2.70. The van der Waals surface area contributed by atoms with Crippen LogP contribution in [0.15, 0.2) is 18.2 Å². The molecule has 1 rings (SSSR count). The molecule has 104 valence electrons. The first kappa shape index (κ1) is 15.0. The van der Waals surface area contributed by atoms with Gasteiger partial charge < -0.3 is 10.1 Å². The highest BCUT2D eigenvalue weighted by Crippen LogP contribution is 2.20. The quantitative estimate of drug-likeness (QED) is 0.853. The van der Waals surface area contributed by atoms with Crippen LogP contribution in [0.25, 0.3) is 0 Å². The summed E-state index contributed by atoms with van der Waals surface area (Å²) in [5, 5.41) is 4.76. The number of amides is 3. The monoisotopic (exact) mass is 264 g/mol. The summed E-state index contributed by atoms with van der Waals surface area (Å²) in [7, 11) is 0. The van der Waals surface area contributed by atoms with Gasteiger partial charge in [0.25, 0.3) is 5.91 Å². The molecule has 0 saturated carbocycles. The minimum Gasteiger partial charge on any atom is -0.483 e. The Kier molecular flexibility index (Phi) is 5.85. The zero-order chi connectivity index (χ0) is 14.3. The van der Waals surface area contributed by atoms with Gasteiger partial charge in [0.2, 0.25) is 0 Å². The molecule has 0 aromatic heterocycles. The van der Waals surface area contributed by atoms with Crippen LogP contribution >= 0.6 is 0 Å². The number of carbonyl (C=O) groups excluding carboxylic acids is 2. The zero-order valence-corrected chi connectivity index (χ0v) is 11.6. The molecule has 1 aromatic carbocycles. The van der Waals surface area contributed by atoms with Crippen LogP contribution in [0.2, 0.25) is 0 Å². The smallest absolute Gasteiger partial charge is 0.321 e. The minimum atomic E-state index is -0.489. The van der Waals surface area contributed by atoms with Crippen molar-refractivity contribution in [2.24, 2.45) is 0 Å². The summed E-state index contributed by atoms with van der Waals surface area (Å²) in [6, 6.07) is 5.15. The summed E-state index contributed by atoms with van der Waals surface area (Å²) < 4.78 is 5.39. The molecule has 0 aliphatic heterocycles. The maximum Gasteiger partial charge on any atom is 0.321 e. The Bertz CT molecular complexity index is 458. The van der Waals surface area contributed by atoms with E-state index in [0.29, 0.717) is 12.3 Å². The van der Waals surface area contributed by atoms with Crippen LogP contribution in [-0.2, 0) is 4.79 Å². The number of imide groups is 1. The molecule has 0 heterocycles. The molecule has 0 aliphatic carbocycles. The first-order valence-corrected chi connectivity index (χ1v) is 6.31. The average Bonchev–Trinajstić information content (AvgIpc) is 2.38. The van der Waals surface area contributed by atoms with Gasteiger partial charge in [-0.2, -0.15) is 0 Å². The summed E-state index contributed by atoms with van der Waals surface area (Å²) in [4.78, 5) is 22.7. The highest BCUT2D eigenvalue weighted by atomic mass is 16.5. The molecule has 19 heavy (non-hydrogen) atoms. The van der Waals surface area contributed by atoms with Crippen LogP contribution in [0.3, 0.4) is 0 Å². The van der Waals surface area contributed by atoms with Crippen molar-refractivity contribution in [3.8, 4) is 5.75 Å². The molecule has 0 spiro atoms. The predicted molar refractivity (Wildman–Crippen MR) is 73.2 cm³/mol. The van der Waals surface area contributed by atoms with Crippen LogP contribution in [0.1, 0.15) is 24.5 Å². The second kappa shape index (κ2) is 7.41. The van der Waals surface area contributed by atoms with Crippen molar-refractivity contribution in [2.75, 3.05) is 13.2 Å². The molecule has 0 saturated heterocycles. The van der Waals surface area contributed by atoms with E-state index < -0.39 is 11.9 Å². The fourth-order valence-electron chi connectivity index (χ4n) is 1.47. The van der Waals surface area contributed by atoms with E-state index in [1.807, 2.05) is 32.9 Å². The lowest BCUT2D eigenvalue weighted by molar-refractivity contribution is -0.122. The molecule has 0 radical (unpaired) electrons. The molecule has 0 atom stereocenters. The Hall–Kier alpha value is -2.04.